The zero-order valence-corrected chi connectivity index (χ0v) is 17.9. The number of carboxylic acids is 1. The Bertz CT molecular complexity index is 893. The van der Waals surface area contributed by atoms with E-state index in [-0.39, 0.29) is 5.69 Å². The van der Waals surface area contributed by atoms with Crippen LogP contribution in [0.2, 0.25) is 10.0 Å². The molecule has 3 rings (SSSR count). The standard InChI is InChI=1S/C14H8Br2Cl2N2O2Se/c15-10-4-3-9(23-10)13-11(16)12(14(21)22)19-20(13)8-2-1-6(17)5-7(8)18/h1-5H,23H2,(H,21,22). The van der Waals surface area contributed by atoms with E-state index < -0.39 is 20.9 Å². The quantitative estimate of drug-likeness (QED) is 0.582. The summed E-state index contributed by atoms with van der Waals surface area (Å²) in [6.45, 7) is 0. The molecule has 9 heteroatoms. The number of carbonyl (C=O) groups is 1. The van der Waals surface area contributed by atoms with Crippen LogP contribution in [0.5, 0.6) is 0 Å². The Morgan fingerprint density at radius 3 is 2.57 bits per heavy atom. The average Bonchev–Trinajstić information content (AvgIpc) is 3.02. The number of carboxylic acid groups (broad SMARTS) is 1. The number of benzene rings is 1. The maximum atomic E-state index is 11.4. The van der Waals surface area contributed by atoms with Crippen LogP contribution in [-0.4, -0.2) is 35.8 Å². The molecule has 2 aromatic rings. The normalized spacial score (nSPS) is 15.7. The van der Waals surface area contributed by atoms with E-state index in [1.165, 1.54) is 0 Å². The molecular formula is C14H8Br2Cl2N2O2Se. The summed E-state index contributed by atoms with van der Waals surface area (Å²) in [5, 5.41) is 14.5. The molecule has 0 amide bonds. The molecule has 1 aromatic carbocycles. The molecule has 23 heavy (non-hydrogen) atoms. The number of halogens is 4. The molecule has 4 nitrogen and oxygen atoms in total. The molecule has 0 bridgehead atoms. The molecule has 0 spiro atoms. The first-order valence-corrected chi connectivity index (χ1v) is 10.6. The number of rotatable bonds is 3. The van der Waals surface area contributed by atoms with Gasteiger partial charge in [-0.3, -0.25) is 0 Å². The van der Waals surface area contributed by atoms with E-state index in [0.717, 1.165) is 7.85 Å². The van der Waals surface area contributed by atoms with Crippen molar-refractivity contribution in [1.82, 2.24) is 9.78 Å². The van der Waals surface area contributed by atoms with Crippen LogP contribution >= 0.6 is 55.1 Å². The molecule has 0 radical (unpaired) electrons. The van der Waals surface area contributed by atoms with E-state index in [9.17, 15) is 9.90 Å². The van der Waals surface area contributed by atoms with Crippen molar-refractivity contribution in [2.45, 2.75) is 0 Å². The first-order valence-electron chi connectivity index (χ1n) is 6.20. The Balaban J connectivity index is 2.23. The van der Waals surface area contributed by atoms with Crippen molar-refractivity contribution in [2.75, 3.05) is 0 Å². The molecule has 0 fully saturated rings. The third-order valence-corrected chi connectivity index (χ3v) is 7.92. The van der Waals surface area contributed by atoms with Crippen LogP contribution in [0.3, 0.4) is 0 Å². The van der Waals surface area contributed by atoms with E-state index in [2.05, 4.69) is 37.0 Å². The van der Waals surface area contributed by atoms with Gasteiger partial charge in [0.1, 0.15) is 0 Å². The topological polar surface area (TPSA) is 55.1 Å². The second kappa shape index (κ2) is 6.75. The van der Waals surface area contributed by atoms with Crippen molar-refractivity contribution in [1.29, 1.82) is 0 Å². The molecule has 0 atom stereocenters. The number of aromatic nitrogens is 2. The Morgan fingerprint density at radius 2 is 2.00 bits per heavy atom. The summed E-state index contributed by atoms with van der Waals surface area (Å²) in [7, 11) is 0. The van der Waals surface area contributed by atoms with Crippen LogP contribution in [0.4, 0.5) is 0 Å². The Morgan fingerprint density at radius 1 is 1.26 bits per heavy atom. The van der Waals surface area contributed by atoms with Crippen LogP contribution in [0.15, 0.2) is 38.2 Å². The summed E-state index contributed by atoms with van der Waals surface area (Å²) in [4.78, 5) is 11.4. The third kappa shape index (κ3) is 3.31. The first kappa shape index (κ1) is 17.3. The van der Waals surface area contributed by atoms with Gasteiger partial charge in [0.15, 0.2) is 0 Å². The van der Waals surface area contributed by atoms with E-state index in [4.69, 9.17) is 23.2 Å². The molecule has 0 saturated carbocycles. The number of aromatic carboxylic acids is 1. The minimum atomic E-state index is -1.10. The van der Waals surface area contributed by atoms with E-state index in [0.29, 0.717) is 25.9 Å². The van der Waals surface area contributed by atoms with Crippen LogP contribution in [0.1, 0.15) is 16.2 Å². The number of hydrogen-bond acceptors (Lipinski definition) is 2. The SMILES string of the molecule is O=C(O)c1nn(-c2ccc(Cl)cc2Cl)c(C2=CC=C(Br)[SeH2]2)c1Br. The van der Waals surface area contributed by atoms with Gasteiger partial charge < -0.3 is 0 Å². The van der Waals surface area contributed by atoms with Gasteiger partial charge in [0.05, 0.1) is 0 Å². The van der Waals surface area contributed by atoms with Gasteiger partial charge in [-0.1, -0.05) is 0 Å². The fourth-order valence-corrected chi connectivity index (χ4v) is 6.82. The van der Waals surface area contributed by atoms with Crippen molar-refractivity contribution in [3.63, 3.8) is 0 Å². The maximum absolute atomic E-state index is 11.4. The van der Waals surface area contributed by atoms with Gasteiger partial charge >= 0.3 is 165 Å². The molecule has 1 aliphatic heterocycles. The second-order valence-electron chi connectivity index (χ2n) is 4.54. The summed E-state index contributed by atoms with van der Waals surface area (Å²) in [6.07, 6.45) is 3.95. The Labute approximate surface area is 164 Å². The summed E-state index contributed by atoms with van der Waals surface area (Å²) in [6, 6.07) is 5.01. The molecule has 1 aromatic heterocycles. The molecule has 1 aliphatic rings. The fourth-order valence-electron chi connectivity index (χ4n) is 2.10. The second-order valence-corrected chi connectivity index (χ2v) is 11.4. The summed E-state index contributed by atoms with van der Waals surface area (Å²) >= 11 is 18.5. The molecule has 0 saturated heterocycles. The van der Waals surface area contributed by atoms with Crippen molar-refractivity contribution in [3.8, 4) is 5.69 Å². The van der Waals surface area contributed by atoms with Crippen LogP contribution in [0.25, 0.3) is 10.2 Å². The number of allylic oxidation sites excluding steroid dienone is 2. The van der Waals surface area contributed by atoms with Gasteiger partial charge in [0.25, 0.3) is 0 Å². The summed E-state index contributed by atoms with van der Waals surface area (Å²) in [5.41, 5.74) is 1.23. The fraction of sp³-hybridized carbons (Fsp3) is 0. The Hall–Kier alpha value is -0.561. The van der Waals surface area contributed by atoms with Gasteiger partial charge in [-0.25, -0.2) is 0 Å². The van der Waals surface area contributed by atoms with Crippen molar-refractivity contribution in [2.24, 2.45) is 0 Å². The van der Waals surface area contributed by atoms with Gasteiger partial charge in [0, 0.05) is 0 Å². The van der Waals surface area contributed by atoms with Crippen molar-refractivity contribution >= 4 is 80.5 Å². The predicted molar refractivity (Wildman–Crippen MR) is 102 cm³/mol. The summed E-state index contributed by atoms with van der Waals surface area (Å²) in [5.74, 6) is -1.10. The predicted octanol–water partition coefficient (Wildman–Crippen LogP) is 4.40. The summed E-state index contributed by atoms with van der Waals surface area (Å²) < 4.78 is 4.18. The number of hydrogen-bond donors (Lipinski definition) is 1. The average molecular weight is 546 g/mol. The van der Waals surface area contributed by atoms with Crippen LogP contribution in [0, 0.1) is 0 Å². The third-order valence-electron chi connectivity index (χ3n) is 3.07. The van der Waals surface area contributed by atoms with E-state index in [1.54, 1.807) is 22.9 Å². The van der Waals surface area contributed by atoms with Gasteiger partial charge in [-0.05, 0) is 0 Å². The zero-order valence-electron chi connectivity index (χ0n) is 11.1. The Kier molecular flexibility index (Phi) is 5.06. The number of nitrogens with zero attached hydrogens (tertiary/aromatic N) is 2. The molecule has 0 unspecified atom stereocenters. The minimum absolute atomic E-state index is 0.0541. The van der Waals surface area contributed by atoms with Crippen LogP contribution in [-0.2, 0) is 0 Å². The van der Waals surface area contributed by atoms with E-state index >= 15 is 0 Å². The molecular weight excluding hydrogens is 538 g/mol. The van der Waals surface area contributed by atoms with E-state index in [1.807, 2.05) is 12.2 Å². The monoisotopic (exact) mass is 544 g/mol. The van der Waals surface area contributed by atoms with Crippen molar-refractivity contribution < 1.29 is 9.90 Å². The zero-order chi connectivity index (χ0) is 16.7. The molecule has 120 valence electrons. The van der Waals surface area contributed by atoms with Gasteiger partial charge in [-0.2, -0.15) is 0 Å². The molecule has 1 N–H and O–H groups in total. The molecule has 2 heterocycles. The first-order chi connectivity index (χ1) is 10.9. The van der Waals surface area contributed by atoms with Crippen molar-refractivity contribution in [3.05, 3.63) is 59.6 Å². The molecule has 0 aliphatic carbocycles. The van der Waals surface area contributed by atoms with Gasteiger partial charge in [0.2, 0.25) is 0 Å². The van der Waals surface area contributed by atoms with Crippen LogP contribution < -0.4 is 0 Å². The van der Waals surface area contributed by atoms with Gasteiger partial charge in [-0.15, -0.1) is 0 Å².